The monoisotopic (exact) mass is 433 g/mol. The van der Waals surface area contributed by atoms with E-state index in [0.717, 1.165) is 11.1 Å². The second-order valence-electron chi connectivity index (χ2n) is 8.72. The van der Waals surface area contributed by atoms with Crippen LogP contribution in [-0.4, -0.2) is 70.5 Å². The summed E-state index contributed by atoms with van der Waals surface area (Å²) in [6.07, 6.45) is 0. The zero-order chi connectivity index (χ0) is 23.2. The molecular formula is C25H27N3O4. The van der Waals surface area contributed by atoms with E-state index in [-0.39, 0.29) is 35.2 Å². The molecule has 1 saturated heterocycles. The summed E-state index contributed by atoms with van der Waals surface area (Å²) in [6.45, 7) is 9.28. The maximum atomic E-state index is 13.0. The van der Waals surface area contributed by atoms with Gasteiger partial charge < -0.3 is 9.80 Å². The Balaban J connectivity index is 1.44. The van der Waals surface area contributed by atoms with E-state index in [0.29, 0.717) is 42.9 Å². The molecule has 1 fully saturated rings. The quantitative estimate of drug-likeness (QED) is 0.698. The molecule has 0 saturated carbocycles. The van der Waals surface area contributed by atoms with E-state index in [4.69, 9.17) is 0 Å². The Bertz CT molecular complexity index is 1130. The third-order valence-corrected chi connectivity index (χ3v) is 6.29. The fraction of sp³-hybridized carbons (Fsp3) is 0.360. The van der Waals surface area contributed by atoms with Gasteiger partial charge in [0.15, 0.2) is 0 Å². The molecule has 0 spiro atoms. The predicted molar refractivity (Wildman–Crippen MR) is 120 cm³/mol. The number of carbonyl (C=O) groups excluding carboxylic acids is 4. The normalized spacial score (nSPS) is 16.1. The maximum Gasteiger partial charge on any atom is 0.261 e. The lowest BCUT2D eigenvalue weighted by Gasteiger charge is -2.35. The van der Waals surface area contributed by atoms with Crippen LogP contribution in [0.3, 0.4) is 0 Å². The fourth-order valence-electron chi connectivity index (χ4n) is 4.21. The lowest BCUT2D eigenvalue weighted by Crippen LogP contribution is -2.50. The van der Waals surface area contributed by atoms with Crippen LogP contribution in [0.5, 0.6) is 0 Å². The molecule has 0 aromatic heterocycles. The maximum absolute atomic E-state index is 13.0. The van der Waals surface area contributed by atoms with Crippen molar-refractivity contribution < 1.29 is 19.2 Å². The highest BCUT2D eigenvalue weighted by Crippen LogP contribution is 2.26. The molecule has 4 amide bonds. The predicted octanol–water partition coefficient (Wildman–Crippen LogP) is 2.91. The van der Waals surface area contributed by atoms with Crippen LogP contribution in [0.1, 0.15) is 66.4 Å². The van der Waals surface area contributed by atoms with E-state index < -0.39 is 0 Å². The van der Waals surface area contributed by atoms with E-state index in [1.54, 1.807) is 35.8 Å². The summed E-state index contributed by atoms with van der Waals surface area (Å²) in [6, 6.07) is 10.1. The van der Waals surface area contributed by atoms with E-state index >= 15 is 0 Å². The first-order valence-electron chi connectivity index (χ1n) is 10.9. The first kappa shape index (κ1) is 21.7. The Kier molecular flexibility index (Phi) is 5.59. The van der Waals surface area contributed by atoms with Crippen LogP contribution >= 0.6 is 0 Å². The summed E-state index contributed by atoms with van der Waals surface area (Å²) in [5.41, 5.74) is 3.87. The van der Waals surface area contributed by atoms with E-state index in [1.807, 2.05) is 32.0 Å². The molecule has 0 unspecified atom stereocenters. The first-order chi connectivity index (χ1) is 15.2. The van der Waals surface area contributed by atoms with Crippen LogP contribution in [0.25, 0.3) is 0 Å². The van der Waals surface area contributed by atoms with Gasteiger partial charge >= 0.3 is 0 Å². The van der Waals surface area contributed by atoms with Gasteiger partial charge in [-0.25, -0.2) is 0 Å². The summed E-state index contributed by atoms with van der Waals surface area (Å²) >= 11 is 0. The minimum Gasteiger partial charge on any atom is -0.335 e. The van der Waals surface area contributed by atoms with Crippen LogP contribution in [0, 0.1) is 13.8 Å². The van der Waals surface area contributed by atoms with Crippen molar-refractivity contribution in [1.29, 1.82) is 0 Å². The minimum atomic E-state index is -0.363. The zero-order valence-corrected chi connectivity index (χ0v) is 18.8. The number of piperazine rings is 1. The van der Waals surface area contributed by atoms with Gasteiger partial charge in [0.25, 0.3) is 23.6 Å². The average molecular weight is 434 g/mol. The molecule has 2 aromatic carbocycles. The summed E-state index contributed by atoms with van der Waals surface area (Å²) in [5, 5.41) is 0. The molecule has 0 radical (unpaired) electrons. The second-order valence-corrected chi connectivity index (χ2v) is 8.72. The van der Waals surface area contributed by atoms with Gasteiger partial charge in [-0.1, -0.05) is 6.07 Å². The average Bonchev–Trinajstić information content (AvgIpc) is 3.04. The molecule has 0 N–H and O–H groups in total. The summed E-state index contributed by atoms with van der Waals surface area (Å²) in [5.74, 6) is -0.916. The van der Waals surface area contributed by atoms with Crippen LogP contribution in [0.2, 0.25) is 0 Å². The Hall–Kier alpha value is -3.48. The molecule has 2 aliphatic rings. The molecule has 4 rings (SSSR count). The Morgan fingerprint density at radius 1 is 0.719 bits per heavy atom. The minimum absolute atomic E-state index is 0.0318. The third kappa shape index (κ3) is 3.68. The Labute approximate surface area is 187 Å². The van der Waals surface area contributed by atoms with Crippen LogP contribution in [0.4, 0.5) is 0 Å². The molecule has 7 heteroatoms. The number of nitrogens with zero attached hydrogens (tertiary/aromatic N) is 3. The largest absolute Gasteiger partial charge is 0.335 e. The number of fused-ring (bicyclic) bond motifs is 1. The van der Waals surface area contributed by atoms with Crippen molar-refractivity contribution in [3.8, 4) is 0 Å². The van der Waals surface area contributed by atoms with Crippen LogP contribution in [0.15, 0.2) is 36.4 Å². The van der Waals surface area contributed by atoms with E-state index in [9.17, 15) is 19.2 Å². The number of rotatable bonds is 3. The number of carbonyl (C=O) groups is 4. The topological polar surface area (TPSA) is 78.0 Å². The van der Waals surface area contributed by atoms with Gasteiger partial charge in [0.1, 0.15) is 0 Å². The lowest BCUT2D eigenvalue weighted by atomic mass is 10.0. The lowest BCUT2D eigenvalue weighted by molar-refractivity contribution is 0.0535. The van der Waals surface area contributed by atoms with Crippen molar-refractivity contribution >= 4 is 23.6 Å². The third-order valence-electron chi connectivity index (χ3n) is 6.29. The van der Waals surface area contributed by atoms with Crippen molar-refractivity contribution in [2.45, 2.75) is 33.7 Å². The molecule has 2 aromatic rings. The molecule has 166 valence electrons. The molecule has 2 heterocycles. The molecular weight excluding hydrogens is 406 g/mol. The Morgan fingerprint density at radius 3 is 1.75 bits per heavy atom. The molecule has 0 atom stereocenters. The number of imide groups is 1. The molecule has 7 nitrogen and oxygen atoms in total. The van der Waals surface area contributed by atoms with Crippen molar-refractivity contribution in [2.75, 3.05) is 26.2 Å². The molecule has 2 aliphatic heterocycles. The zero-order valence-electron chi connectivity index (χ0n) is 18.8. The van der Waals surface area contributed by atoms with Gasteiger partial charge in [0.05, 0.1) is 11.1 Å². The highest BCUT2D eigenvalue weighted by molar-refractivity contribution is 6.22. The number of hydrogen-bond donors (Lipinski definition) is 0. The van der Waals surface area contributed by atoms with Gasteiger partial charge in [-0.3, -0.25) is 24.1 Å². The molecule has 0 aliphatic carbocycles. The smallest absolute Gasteiger partial charge is 0.261 e. The van der Waals surface area contributed by atoms with Crippen LogP contribution in [-0.2, 0) is 0 Å². The van der Waals surface area contributed by atoms with Crippen molar-refractivity contribution in [1.82, 2.24) is 14.7 Å². The van der Waals surface area contributed by atoms with Gasteiger partial charge in [0, 0.05) is 43.3 Å². The summed E-state index contributed by atoms with van der Waals surface area (Å²) in [7, 11) is 0. The number of hydrogen-bond acceptors (Lipinski definition) is 4. The Morgan fingerprint density at radius 2 is 1.22 bits per heavy atom. The van der Waals surface area contributed by atoms with Crippen molar-refractivity contribution in [3.05, 3.63) is 69.8 Å². The van der Waals surface area contributed by atoms with Gasteiger partial charge in [-0.05, 0) is 69.2 Å². The van der Waals surface area contributed by atoms with E-state index in [1.165, 1.54) is 11.0 Å². The first-order valence-corrected chi connectivity index (χ1v) is 10.9. The second kappa shape index (κ2) is 8.22. The summed E-state index contributed by atoms with van der Waals surface area (Å²) < 4.78 is 0. The highest BCUT2D eigenvalue weighted by Gasteiger charge is 2.38. The SMILES string of the molecule is Cc1ccc(C(=O)N2CCN(C(=O)c3ccc4c(c3)C(=O)N(C(C)C)C4=O)CC2)cc1C. The van der Waals surface area contributed by atoms with E-state index in [2.05, 4.69) is 0 Å². The standard InChI is InChI=1S/C25H27N3O4/c1-15(2)28-24(31)20-8-7-19(14-21(20)25(28)32)23(30)27-11-9-26(10-12-27)22(29)18-6-5-16(3)17(4)13-18/h5-8,13-15H,9-12H2,1-4H3. The highest BCUT2D eigenvalue weighted by atomic mass is 16.2. The van der Waals surface area contributed by atoms with Gasteiger partial charge in [0.2, 0.25) is 0 Å². The van der Waals surface area contributed by atoms with Crippen molar-refractivity contribution in [3.63, 3.8) is 0 Å². The number of benzene rings is 2. The van der Waals surface area contributed by atoms with Gasteiger partial charge in [-0.2, -0.15) is 0 Å². The van der Waals surface area contributed by atoms with Crippen molar-refractivity contribution in [2.24, 2.45) is 0 Å². The van der Waals surface area contributed by atoms with Gasteiger partial charge in [-0.15, -0.1) is 0 Å². The molecule has 32 heavy (non-hydrogen) atoms. The number of amides is 4. The molecule has 0 bridgehead atoms. The summed E-state index contributed by atoms with van der Waals surface area (Å²) in [4.78, 5) is 55.6. The fourth-order valence-corrected chi connectivity index (χ4v) is 4.21. The number of aryl methyl sites for hydroxylation is 2. The van der Waals surface area contributed by atoms with Crippen LogP contribution < -0.4 is 0 Å².